The van der Waals surface area contributed by atoms with Gasteiger partial charge in [-0.25, -0.2) is 4.79 Å². The summed E-state index contributed by atoms with van der Waals surface area (Å²) in [5.41, 5.74) is -3.09. The Labute approximate surface area is 125 Å². The second kappa shape index (κ2) is 6.95. The Balaban J connectivity index is 2.94. The minimum absolute atomic E-state index is 0.258. The van der Waals surface area contributed by atoms with Gasteiger partial charge in [-0.3, -0.25) is 0 Å². The molecule has 0 bridgehead atoms. The molecule has 0 aliphatic rings. The highest BCUT2D eigenvalue weighted by Gasteiger charge is 2.59. The molecule has 0 saturated carbocycles. The van der Waals surface area contributed by atoms with Crippen LogP contribution in [0.15, 0.2) is 30.3 Å². The highest BCUT2D eigenvalue weighted by molar-refractivity contribution is 6.32. The molecule has 1 atom stereocenters. The van der Waals surface area contributed by atoms with E-state index in [2.05, 4.69) is 4.74 Å². The predicted octanol–water partition coefficient (Wildman–Crippen LogP) is 3.60. The van der Waals surface area contributed by atoms with Gasteiger partial charge in [-0.1, -0.05) is 42.0 Å². The van der Waals surface area contributed by atoms with Gasteiger partial charge >= 0.3 is 12.1 Å². The number of ether oxygens (including phenoxy) is 1. The van der Waals surface area contributed by atoms with Gasteiger partial charge in [0.05, 0.1) is 6.61 Å². The van der Waals surface area contributed by atoms with Gasteiger partial charge in [0.25, 0.3) is 5.60 Å². The molecule has 0 amide bonds. The number of aliphatic hydroxyl groups is 1. The van der Waals surface area contributed by atoms with Crippen molar-refractivity contribution in [2.75, 3.05) is 6.61 Å². The van der Waals surface area contributed by atoms with Crippen molar-refractivity contribution in [3.8, 4) is 0 Å². The Hall–Kier alpha value is -1.53. The fourth-order valence-electron chi connectivity index (χ4n) is 1.53. The number of esters is 1. The van der Waals surface area contributed by atoms with Crippen molar-refractivity contribution in [3.63, 3.8) is 0 Å². The number of benzene rings is 1. The smallest absolute Gasteiger partial charge is 0.428 e. The van der Waals surface area contributed by atoms with Gasteiger partial charge < -0.3 is 9.84 Å². The molecule has 0 radical (unpaired) electrons. The Kier molecular flexibility index (Phi) is 5.80. The van der Waals surface area contributed by atoms with E-state index in [1.165, 1.54) is 13.0 Å². The summed E-state index contributed by atoms with van der Waals surface area (Å²) < 4.78 is 42.9. The number of hydrogen-bond acceptors (Lipinski definition) is 3. The SMILES string of the molecule is CCOC(=O)C(O)(CC=Cc1ccccc1Cl)C(F)(F)F. The maximum atomic E-state index is 12.9. The molecule has 0 saturated heterocycles. The summed E-state index contributed by atoms with van der Waals surface area (Å²) in [6.45, 7) is 1.10. The van der Waals surface area contributed by atoms with Gasteiger partial charge in [-0.15, -0.1) is 0 Å². The standard InChI is InChI=1S/C14H14ClF3O3/c1-2-21-12(19)13(20,14(16,17)18)9-5-7-10-6-3-4-8-11(10)15/h3-8,20H,2,9H2,1H3. The van der Waals surface area contributed by atoms with Crippen LogP contribution in [0.4, 0.5) is 13.2 Å². The molecule has 0 spiro atoms. The molecule has 21 heavy (non-hydrogen) atoms. The molecule has 1 aromatic carbocycles. The van der Waals surface area contributed by atoms with Crippen LogP contribution in [-0.2, 0) is 9.53 Å². The van der Waals surface area contributed by atoms with E-state index in [9.17, 15) is 23.1 Å². The zero-order valence-corrected chi connectivity index (χ0v) is 11.9. The number of rotatable bonds is 5. The lowest BCUT2D eigenvalue weighted by Gasteiger charge is -2.26. The summed E-state index contributed by atoms with van der Waals surface area (Å²) >= 11 is 5.85. The fourth-order valence-corrected chi connectivity index (χ4v) is 1.73. The second-order valence-corrected chi connectivity index (χ2v) is 4.61. The molecule has 0 fully saturated rings. The average molecular weight is 323 g/mol. The summed E-state index contributed by atoms with van der Waals surface area (Å²) in [4.78, 5) is 11.4. The van der Waals surface area contributed by atoms with E-state index in [1.54, 1.807) is 24.3 Å². The van der Waals surface area contributed by atoms with Crippen LogP contribution in [0, 0.1) is 0 Å². The molecular weight excluding hydrogens is 309 g/mol. The van der Waals surface area contributed by atoms with E-state index in [0.717, 1.165) is 6.08 Å². The van der Waals surface area contributed by atoms with Crippen LogP contribution < -0.4 is 0 Å². The first-order valence-electron chi connectivity index (χ1n) is 6.09. The number of halogens is 4. The van der Waals surface area contributed by atoms with Crippen molar-refractivity contribution in [2.24, 2.45) is 0 Å². The third-order valence-electron chi connectivity index (χ3n) is 2.70. The zero-order valence-electron chi connectivity index (χ0n) is 11.2. The molecule has 7 heteroatoms. The molecular formula is C14H14ClF3O3. The van der Waals surface area contributed by atoms with Crippen molar-refractivity contribution in [1.82, 2.24) is 0 Å². The average Bonchev–Trinajstić information content (AvgIpc) is 2.39. The van der Waals surface area contributed by atoms with Crippen molar-refractivity contribution in [2.45, 2.75) is 25.1 Å². The quantitative estimate of drug-likeness (QED) is 0.843. The van der Waals surface area contributed by atoms with Crippen LogP contribution in [0.3, 0.4) is 0 Å². The van der Waals surface area contributed by atoms with Crippen molar-refractivity contribution < 1.29 is 27.8 Å². The molecule has 1 aromatic rings. The van der Waals surface area contributed by atoms with Gasteiger partial charge in [0.1, 0.15) is 0 Å². The first-order valence-corrected chi connectivity index (χ1v) is 6.47. The summed E-state index contributed by atoms with van der Waals surface area (Å²) in [5, 5.41) is 9.96. The van der Waals surface area contributed by atoms with Crippen LogP contribution in [0.5, 0.6) is 0 Å². The lowest BCUT2D eigenvalue weighted by Crippen LogP contribution is -2.52. The first-order chi connectivity index (χ1) is 9.72. The van der Waals surface area contributed by atoms with Crippen molar-refractivity contribution in [3.05, 3.63) is 40.9 Å². The second-order valence-electron chi connectivity index (χ2n) is 4.21. The molecule has 1 rings (SSSR count). The van der Waals surface area contributed by atoms with Crippen LogP contribution in [-0.4, -0.2) is 29.5 Å². The lowest BCUT2D eigenvalue weighted by atomic mass is 9.98. The topological polar surface area (TPSA) is 46.5 Å². The highest BCUT2D eigenvalue weighted by atomic mass is 35.5. The molecule has 0 heterocycles. The number of carbonyl (C=O) groups is 1. The summed E-state index contributed by atoms with van der Waals surface area (Å²) in [7, 11) is 0. The fraction of sp³-hybridized carbons (Fsp3) is 0.357. The molecule has 1 N–H and O–H groups in total. The Morgan fingerprint density at radius 1 is 1.38 bits per heavy atom. The minimum atomic E-state index is -5.13. The molecule has 1 unspecified atom stereocenters. The zero-order chi connectivity index (χ0) is 16.1. The van der Waals surface area contributed by atoms with Gasteiger partial charge in [0, 0.05) is 11.4 Å². The van der Waals surface area contributed by atoms with E-state index in [0.29, 0.717) is 10.6 Å². The van der Waals surface area contributed by atoms with E-state index in [4.69, 9.17) is 11.6 Å². The Morgan fingerprint density at radius 2 is 2.00 bits per heavy atom. The largest absolute Gasteiger partial charge is 0.464 e. The summed E-state index contributed by atoms with van der Waals surface area (Å²) in [6.07, 6.45) is -3.76. The molecule has 116 valence electrons. The minimum Gasteiger partial charge on any atom is -0.464 e. The Bertz CT molecular complexity index is 528. The van der Waals surface area contributed by atoms with Crippen molar-refractivity contribution in [1.29, 1.82) is 0 Å². The van der Waals surface area contributed by atoms with Gasteiger partial charge in [0.2, 0.25) is 0 Å². The normalized spacial score (nSPS) is 15.0. The lowest BCUT2D eigenvalue weighted by molar-refractivity contribution is -0.261. The molecule has 0 aliphatic heterocycles. The van der Waals surface area contributed by atoms with Crippen LogP contribution in [0.2, 0.25) is 5.02 Å². The first kappa shape index (κ1) is 17.5. The predicted molar refractivity (Wildman–Crippen MR) is 72.7 cm³/mol. The van der Waals surface area contributed by atoms with Crippen LogP contribution in [0.1, 0.15) is 18.9 Å². The summed E-state index contributed by atoms with van der Waals surface area (Å²) in [5.74, 6) is -1.72. The van der Waals surface area contributed by atoms with Crippen LogP contribution >= 0.6 is 11.6 Å². The maximum Gasteiger partial charge on any atom is 0.428 e. The Morgan fingerprint density at radius 3 is 2.52 bits per heavy atom. The number of carbonyl (C=O) groups excluding carboxylic acids is 1. The van der Waals surface area contributed by atoms with Gasteiger partial charge in [-0.2, -0.15) is 13.2 Å². The molecule has 3 nitrogen and oxygen atoms in total. The van der Waals surface area contributed by atoms with Gasteiger partial charge in [0.15, 0.2) is 0 Å². The summed E-state index contributed by atoms with van der Waals surface area (Å²) in [6, 6.07) is 6.50. The highest BCUT2D eigenvalue weighted by Crippen LogP contribution is 2.35. The molecule has 0 aromatic heterocycles. The third kappa shape index (κ3) is 4.22. The van der Waals surface area contributed by atoms with Crippen molar-refractivity contribution >= 4 is 23.6 Å². The van der Waals surface area contributed by atoms with Crippen LogP contribution in [0.25, 0.3) is 6.08 Å². The monoisotopic (exact) mass is 322 g/mol. The number of hydrogen-bond donors (Lipinski definition) is 1. The third-order valence-corrected chi connectivity index (χ3v) is 3.04. The van der Waals surface area contributed by atoms with E-state index < -0.39 is 24.2 Å². The van der Waals surface area contributed by atoms with E-state index in [-0.39, 0.29) is 6.61 Å². The van der Waals surface area contributed by atoms with E-state index >= 15 is 0 Å². The number of alkyl halides is 3. The van der Waals surface area contributed by atoms with E-state index in [1.807, 2.05) is 0 Å². The van der Waals surface area contributed by atoms with Gasteiger partial charge in [-0.05, 0) is 18.6 Å². The molecule has 0 aliphatic carbocycles. The maximum absolute atomic E-state index is 12.9.